The third kappa shape index (κ3) is 7.31. The molecule has 22 heavy (non-hydrogen) atoms. The monoisotopic (exact) mass is 312 g/mol. The summed E-state index contributed by atoms with van der Waals surface area (Å²) in [4.78, 5) is 17.5. The van der Waals surface area contributed by atoms with Crippen LogP contribution in [0.25, 0.3) is 0 Å². The van der Waals surface area contributed by atoms with Crippen molar-refractivity contribution in [2.24, 2.45) is 10.7 Å². The fourth-order valence-corrected chi connectivity index (χ4v) is 2.18. The van der Waals surface area contributed by atoms with E-state index < -0.39 is 0 Å². The summed E-state index contributed by atoms with van der Waals surface area (Å²) in [5.41, 5.74) is 5.85. The van der Waals surface area contributed by atoms with E-state index in [0.717, 1.165) is 19.3 Å². The molecular weight excluding hydrogens is 284 g/mol. The van der Waals surface area contributed by atoms with Crippen LogP contribution in [0.15, 0.2) is 17.6 Å². The first-order valence-electron chi connectivity index (χ1n) is 7.84. The molecule has 1 heterocycles. The number of guanidine groups is 1. The Morgan fingerprint density at radius 2 is 2.18 bits per heavy atom. The normalized spacial score (nSPS) is 16.4. The molecule has 0 saturated carbocycles. The predicted octanol–water partition coefficient (Wildman–Crippen LogP) is 1.10. The Morgan fingerprint density at radius 1 is 1.45 bits per heavy atom. The molecule has 7 heteroatoms. The van der Waals surface area contributed by atoms with Crippen molar-refractivity contribution in [3.63, 3.8) is 0 Å². The number of aliphatic imine (C=N–C) groups is 1. The number of carbonyl (C=O) groups excluding carboxylic acids is 1. The molecule has 1 amide bonds. The highest BCUT2D eigenvalue weighted by molar-refractivity contribution is 5.78. The largest absolute Gasteiger partial charge is 0.450 e. The van der Waals surface area contributed by atoms with Crippen molar-refractivity contribution in [3.8, 4) is 0 Å². The fraction of sp³-hybridized carbons (Fsp3) is 0.733. The molecule has 0 radical (unpaired) electrons. The van der Waals surface area contributed by atoms with Crippen LogP contribution >= 0.6 is 0 Å². The number of nitrogens with two attached hydrogens (primary N) is 1. The summed E-state index contributed by atoms with van der Waals surface area (Å²) in [6.45, 7) is 8.95. The van der Waals surface area contributed by atoms with Crippen molar-refractivity contribution in [1.82, 2.24) is 10.2 Å². The quantitative estimate of drug-likeness (QED) is 0.303. The topological polar surface area (TPSA) is 89.2 Å². The van der Waals surface area contributed by atoms with Crippen LogP contribution in [0.1, 0.15) is 26.2 Å². The molecule has 0 aromatic rings. The molecular formula is C15H28N4O3. The molecule has 0 aliphatic carbocycles. The summed E-state index contributed by atoms with van der Waals surface area (Å²) >= 11 is 0. The van der Waals surface area contributed by atoms with Crippen LogP contribution in [0.3, 0.4) is 0 Å². The molecule has 0 bridgehead atoms. The number of hydrogen-bond acceptors (Lipinski definition) is 4. The van der Waals surface area contributed by atoms with Gasteiger partial charge >= 0.3 is 6.09 Å². The van der Waals surface area contributed by atoms with E-state index in [1.165, 1.54) is 0 Å². The Bertz CT molecular complexity index is 366. The molecule has 1 saturated heterocycles. The first-order chi connectivity index (χ1) is 10.7. The summed E-state index contributed by atoms with van der Waals surface area (Å²) in [7, 11) is 0. The number of amides is 1. The van der Waals surface area contributed by atoms with Crippen molar-refractivity contribution < 1.29 is 14.3 Å². The van der Waals surface area contributed by atoms with E-state index in [1.54, 1.807) is 4.90 Å². The van der Waals surface area contributed by atoms with Crippen LogP contribution < -0.4 is 11.1 Å². The maximum absolute atomic E-state index is 11.6. The van der Waals surface area contributed by atoms with Crippen molar-refractivity contribution in [2.75, 3.05) is 39.5 Å². The number of ether oxygens (including phenoxy) is 2. The Hall–Kier alpha value is -1.76. The lowest BCUT2D eigenvalue weighted by Gasteiger charge is -2.31. The zero-order chi connectivity index (χ0) is 16.2. The minimum Gasteiger partial charge on any atom is -0.450 e. The van der Waals surface area contributed by atoms with E-state index in [-0.39, 0.29) is 12.1 Å². The van der Waals surface area contributed by atoms with Crippen molar-refractivity contribution in [2.45, 2.75) is 32.2 Å². The van der Waals surface area contributed by atoms with Crippen molar-refractivity contribution in [1.29, 1.82) is 0 Å². The van der Waals surface area contributed by atoms with Crippen molar-refractivity contribution in [3.05, 3.63) is 12.7 Å². The smallest absolute Gasteiger partial charge is 0.409 e. The van der Waals surface area contributed by atoms with E-state index in [0.29, 0.717) is 45.4 Å². The van der Waals surface area contributed by atoms with Crippen LogP contribution in [-0.2, 0) is 9.47 Å². The maximum Gasteiger partial charge on any atom is 0.409 e. The lowest BCUT2D eigenvalue weighted by molar-refractivity contribution is 0.0963. The summed E-state index contributed by atoms with van der Waals surface area (Å²) < 4.78 is 10.3. The Morgan fingerprint density at radius 3 is 2.82 bits per heavy atom. The lowest BCUT2D eigenvalue weighted by atomic mass is 10.1. The van der Waals surface area contributed by atoms with E-state index in [1.807, 2.05) is 13.0 Å². The summed E-state index contributed by atoms with van der Waals surface area (Å²) in [6.07, 6.45) is 4.10. The first-order valence-corrected chi connectivity index (χ1v) is 7.84. The number of piperidine rings is 1. The number of rotatable bonds is 8. The zero-order valence-corrected chi connectivity index (χ0v) is 13.4. The molecule has 1 rings (SSSR count). The minimum absolute atomic E-state index is 0.237. The molecule has 0 unspecified atom stereocenters. The van der Waals surface area contributed by atoms with Gasteiger partial charge in [-0.3, -0.25) is 4.99 Å². The molecule has 0 atom stereocenters. The number of nitrogens with one attached hydrogen (secondary N) is 1. The van der Waals surface area contributed by atoms with Gasteiger partial charge in [-0.1, -0.05) is 6.08 Å². The molecule has 0 aromatic heterocycles. The molecule has 126 valence electrons. The molecule has 1 aliphatic heterocycles. The highest BCUT2D eigenvalue weighted by Gasteiger charge is 2.23. The third-order valence-electron chi connectivity index (χ3n) is 3.36. The maximum atomic E-state index is 11.6. The second kappa shape index (κ2) is 10.9. The molecule has 7 nitrogen and oxygen atoms in total. The minimum atomic E-state index is -0.237. The van der Waals surface area contributed by atoms with Gasteiger partial charge in [-0.2, -0.15) is 0 Å². The van der Waals surface area contributed by atoms with Gasteiger partial charge in [0.05, 0.1) is 26.4 Å². The number of nitrogens with zero attached hydrogens (tertiary/aromatic N) is 2. The van der Waals surface area contributed by atoms with Crippen molar-refractivity contribution >= 4 is 12.1 Å². The highest BCUT2D eigenvalue weighted by atomic mass is 16.6. The average molecular weight is 312 g/mol. The van der Waals surface area contributed by atoms with Crippen LogP contribution in [0.2, 0.25) is 0 Å². The van der Waals surface area contributed by atoms with Crippen LogP contribution in [-0.4, -0.2) is 62.4 Å². The number of likely N-dealkylation sites (tertiary alicyclic amines) is 1. The molecule has 1 aliphatic rings. The van der Waals surface area contributed by atoms with E-state index in [9.17, 15) is 4.79 Å². The van der Waals surface area contributed by atoms with Gasteiger partial charge in [-0.25, -0.2) is 4.79 Å². The third-order valence-corrected chi connectivity index (χ3v) is 3.36. The van der Waals surface area contributed by atoms with Gasteiger partial charge in [0.25, 0.3) is 0 Å². The van der Waals surface area contributed by atoms with Crippen LogP contribution in [0.5, 0.6) is 0 Å². The number of carbonyl (C=O) groups is 1. The van der Waals surface area contributed by atoms with E-state index in [4.69, 9.17) is 15.2 Å². The Balaban J connectivity index is 2.16. The van der Waals surface area contributed by atoms with Gasteiger partial charge in [0.1, 0.15) is 0 Å². The fourth-order valence-electron chi connectivity index (χ4n) is 2.18. The van der Waals surface area contributed by atoms with Gasteiger partial charge in [0.2, 0.25) is 0 Å². The van der Waals surface area contributed by atoms with Crippen LogP contribution in [0, 0.1) is 0 Å². The SMILES string of the molecule is C=CCCOCCN=C(N)NC1CCN(C(=O)OCC)CC1. The van der Waals surface area contributed by atoms with Gasteiger partial charge < -0.3 is 25.4 Å². The highest BCUT2D eigenvalue weighted by Crippen LogP contribution is 2.11. The number of hydrogen-bond donors (Lipinski definition) is 2. The summed E-state index contributed by atoms with van der Waals surface area (Å²) in [6, 6.07) is 0.246. The molecule has 1 fully saturated rings. The van der Waals surface area contributed by atoms with Crippen LogP contribution in [0.4, 0.5) is 4.79 Å². The second-order valence-corrected chi connectivity index (χ2v) is 5.06. The standard InChI is InChI=1S/C15H28N4O3/c1-3-5-11-21-12-8-17-14(16)18-13-6-9-19(10-7-13)15(20)22-4-2/h3,13H,1,4-12H2,2H3,(H3,16,17,18). The van der Waals surface area contributed by atoms with E-state index >= 15 is 0 Å². The first kappa shape index (κ1) is 18.3. The Labute approximate surface area is 132 Å². The lowest BCUT2D eigenvalue weighted by Crippen LogP contribution is -2.48. The molecule has 0 aromatic carbocycles. The Kier molecular flexibility index (Phi) is 9.06. The second-order valence-electron chi connectivity index (χ2n) is 5.06. The van der Waals surface area contributed by atoms with Gasteiger partial charge in [0.15, 0.2) is 5.96 Å². The van der Waals surface area contributed by atoms with Gasteiger partial charge in [0, 0.05) is 19.1 Å². The van der Waals surface area contributed by atoms with E-state index in [2.05, 4.69) is 16.9 Å². The molecule has 3 N–H and O–H groups in total. The average Bonchev–Trinajstić information content (AvgIpc) is 2.51. The summed E-state index contributed by atoms with van der Waals surface area (Å²) in [5, 5.41) is 3.19. The summed E-state index contributed by atoms with van der Waals surface area (Å²) in [5.74, 6) is 0.432. The zero-order valence-electron chi connectivity index (χ0n) is 13.4. The van der Waals surface area contributed by atoms with Gasteiger partial charge in [-0.05, 0) is 26.2 Å². The predicted molar refractivity (Wildman–Crippen MR) is 86.9 cm³/mol. The van der Waals surface area contributed by atoms with Gasteiger partial charge in [-0.15, -0.1) is 6.58 Å². The molecule has 0 spiro atoms.